The monoisotopic (exact) mass is 364 g/mol. The van der Waals surface area contributed by atoms with E-state index in [-0.39, 0.29) is 11.9 Å². The van der Waals surface area contributed by atoms with Crippen LogP contribution in [0.25, 0.3) is 0 Å². The van der Waals surface area contributed by atoms with Crippen molar-refractivity contribution < 1.29 is 22.5 Å². The van der Waals surface area contributed by atoms with E-state index in [1.165, 1.54) is 0 Å². The van der Waals surface area contributed by atoms with Crippen molar-refractivity contribution in [3.63, 3.8) is 0 Å². The SMILES string of the molecule is CCO[Si](CC(C)C(=O)O[Si](C)(C)C(C)CC)(OCC)OCC. The van der Waals surface area contributed by atoms with Gasteiger partial charge in [0.2, 0.25) is 0 Å². The number of hydrogen-bond donors (Lipinski definition) is 0. The first-order valence-electron chi connectivity index (χ1n) is 8.82. The molecule has 0 aromatic rings. The molecule has 0 N–H and O–H groups in total. The second-order valence-electron chi connectivity index (χ2n) is 6.42. The van der Waals surface area contributed by atoms with Crippen LogP contribution in [0.4, 0.5) is 0 Å². The molecule has 0 aromatic carbocycles. The highest BCUT2D eigenvalue weighted by molar-refractivity contribution is 6.74. The molecule has 0 amide bonds. The maximum absolute atomic E-state index is 12.5. The molecule has 23 heavy (non-hydrogen) atoms. The van der Waals surface area contributed by atoms with Gasteiger partial charge in [0.1, 0.15) is 0 Å². The lowest BCUT2D eigenvalue weighted by molar-refractivity contribution is -0.139. The average molecular weight is 365 g/mol. The third-order valence-electron chi connectivity index (χ3n) is 4.21. The van der Waals surface area contributed by atoms with E-state index in [4.69, 9.17) is 17.7 Å². The first-order chi connectivity index (χ1) is 10.7. The minimum absolute atomic E-state index is 0.155. The van der Waals surface area contributed by atoms with Crippen LogP contribution in [0, 0.1) is 5.92 Å². The molecule has 0 saturated heterocycles. The quantitative estimate of drug-likeness (QED) is 0.485. The van der Waals surface area contributed by atoms with E-state index in [0.717, 1.165) is 6.42 Å². The van der Waals surface area contributed by atoms with E-state index in [9.17, 15) is 4.79 Å². The van der Waals surface area contributed by atoms with Crippen molar-refractivity contribution in [3.8, 4) is 0 Å². The van der Waals surface area contributed by atoms with E-state index in [1.807, 2.05) is 27.7 Å². The third kappa shape index (κ3) is 7.47. The Hall–Kier alpha value is -0.216. The van der Waals surface area contributed by atoms with Gasteiger partial charge in [0.25, 0.3) is 14.3 Å². The van der Waals surface area contributed by atoms with Gasteiger partial charge in [0.15, 0.2) is 0 Å². The van der Waals surface area contributed by atoms with E-state index in [0.29, 0.717) is 31.4 Å². The van der Waals surface area contributed by atoms with E-state index in [1.54, 1.807) is 0 Å². The van der Waals surface area contributed by atoms with Crippen LogP contribution in [0.1, 0.15) is 48.0 Å². The van der Waals surface area contributed by atoms with E-state index in [2.05, 4.69) is 26.9 Å². The zero-order valence-corrected chi connectivity index (χ0v) is 18.2. The Kier molecular flexibility index (Phi) is 10.5. The predicted molar refractivity (Wildman–Crippen MR) is 97.9 cm³/mol. The number of carbonyl (C=O) groups is 1. The standard InChI is InChI=1S/C16H36O5Si2/c1-9-15(6)22(7,8)21-16(17)14(5)13-23(18-10-2,19-11-3)20-12-4/h14-15H,9-13H2,1-8H3. The fourth-order valence-electron chi connectivity index (χ4n) is 2.37. The molecule has 0 aromatic heterocycles. The molecule has 0 aliphatic rings. The van der Waals surface area contributed by atoms with E-state index >= 15 is 0 Å². The van der Waals surface area contributed by atoms with Crippen molar-refractivity contribution in [3.05, 3.63) is 0 Å². The Labute approximate surface area is 144 Å². The van der Waals surface area contributed by atoms with Crippen LogP contribution in [0.2, 0.25) is 24.7 Å². The highest BCUT2D eigenvalue weighted by atomic mass is 28.4. The summed E-state index contributed by atoms with van der Waals surface area (Å²) in [4.78, 5) is 12.5. The van der Waals surface area contributed by atoms with Crippen LogP contribution in [0.5, 0.6) is 0 Å². The minimum atomic E-state index is -2.82. The molecule has 138 valence electrons. The van der Waals surface area contributed by atoms with Gasteiger partial charge in [-0.3, -0.25) is 4.79 Å². The molecule has 0 radical (unpaired) electrons. The Balaban J connectivity index is 4.96. The fraction of sp³-hybridized carbons (Fsp3) is 0.938. The summed E-state index contributed by atoms with van der Waals surface area (Å²) in [6.07, 6.45) is 1.02. The third-order valence-corrected chi connectivity index (χ3v) is 11.0. The zero-order valence-electron chi connectivity index (χ0n) is 16.2. The summed E-state index contributed by atoms with van der Waals surface area (Å²) in [5.74, 6) is -0.444. The molecule has 5 nitrogen and oxygen atoms in total. The molecule has 0 fully saturated rings. The molecule has 2 atom stereocenters. The van der Waals surface area contributed by atoms with Crippen LogP contribution in [0.3, 0.4) is 0 Å². The average Bonchev–Trinajstić information content (AvgIpc) is 2.46. The number of hydrogen-bond acceptors (Lipinski definition) is 5. The summed E-state index contributed by atoms with van der Waals surface area (Å²) >= 11 is 0. The topological polar surface area (TPSA) is 54.0 Å². The van der Waals surface area contributed by atoms with Crippen LogP contribution in [-0.4, -0.2) is 42.9 Å². The first-order valence-corrected chi connectivity index (χ1v) is 13.7. The summed E-state index contributed by atoms with van der Waals surface area (Å²) in [6, 6.07) is 0.465. The molecular formula is C16H36O5Si2. The molecule has 0 saturated carbocycles. The molecule has 0 rings (SSSR count). The summed E-state index contributed by atoms with van der Waals surface area (Å²) in [5, 5.41) is 0. The van der Waals surface area contributed by atoms with Gasteiger partial charge in [-0.2, -0.15) is 0 Å². The van der Waals surface area contributed by atoms with Gasteiger partial charge in [0.05, 0.1) is 5.92 Å². The summed E-state index contributed by atoms with van der Waals surface area (Å²) < 4.78 is 23.4. The van der Waals surface area contributed by atoms with Crippen LogP contribution < -0.4 is 0 Å². The number of carbonyl (C=O) groups excluding carboxylic acids is 1. The van der Waals surface area contributed by atoms with Gasteiger partial charge in [-0.05, 0) is 39.4 Å². The minimum Gasteiger partial charge on any atom is -0.519 e. The lowest BCUT2D eigenvalue weighted by Crippen LogP contribution is -2.49. The molecule has 0 aliphatic carbocycles. The highest BCUT2D eigenvalue weighted by Crippen LogP contribution is 2.28. The molecule has 0 spiro atoms. The maximum atomic E-state index is 12.5. The van der Waals surface area contributed by atoms with Gasteiger partial charge < -0.3 is 17.7 Å². The van der Waals surface area contributed by atoms with Gasteiger partial charge in [-0.25, -0.2) is 0 Å². The summed E-state index contributed by atoms with van der Waals surface area (Å²) in [6.45, 7) is 17.7. The van der Waals surface area contributed by atoms with Gasteiger partial charge in [-0.15, -0.1) is 0 Å². The Bertz CT molecular complexity index is 332. The maximum Gasteiger partial charge on any atom is 0.501 e. The number of rotatable bonds is 12. The van der Waals surface area contributed by atoms with Crippen molar-refractivity contribution in [2.75, 3.05) is 19.8 Å². The fourth-order valence-corrected chi connectivity index (χ4v) is 7.12. The lowest BCUT2D eigenvalue weighted by atomic mass is 10.2. The van der Waals surface area contributed by atoms with Gasteiger partial charge >= 0.3 is 8.80 Å². The molecular weight excluding hydrogens is 328 g/mol. The second kappa shape index (κ2) is 10.6. The van der Waals surface area contributed by atoms with Crippen molar-refractivity contribution in [1.29, 1.82) is 0 Å². The van der Waals surface area contributed by atoms with Crippen LogP contribution >= 0.6 is 0 Å². The Morgan fingerprint density at radius 3 is 1.70 bits per heavy atom. The molecule has 0 heterocycles. The van der Waals surface area contributed by atoms with Crippen molar-refractivity contribution >= 4 is 23.1 Å². The normalized spacial score (nSPS) is 15.3. The second-order valence-corrected chi connectivity index (χ2v) is 13.5. The predicted octanol–water partition coefficient (Wildman–Crippen LogP) is 4.22. The first kappa shape index (κ1) is 22.8. The largest absolute Gasteiger partial charge is 0.519 e. The van der Waals surface area contributed by atoms with Gasteiger partial charge in [-0.1, -0.05) is 27.2 Å². The Morgan fingerprint density at radius 2 is 1.35 bits per heavy atom. The van der Waals surface area contributed by atoms with Crippen molar-refractivity contribution in [2.45, 2.75) is 72.6 Å². The molecule has 0 bridgehead atoms. The van der Waals surface area contributed by atoms with Crippen molar-refractivity contribution in [2.24, 2.45) is 5.92 Å². The smallest absolute Gasteiger partial charge is 0.501 e. The molecule has 7 heteroatoms. The molecule has 2 unspecified atom stereocenters. The summed E-state index contributed by atoms with van der Waals surface area (Å²) in [7, 11) is -4.84. The van der Waals surface area contributed by atoms with Crippen LogP contribution in [-0.2, 0) is 22.5 Å². The van der Waals surface area contributed by atoms with Crippen molar-refractivity contribution in [1.82, 2.24) is 0 Å². The Morgan fingerprint density at radius 1 is 0.913 bits per heavy atom. The lowest BCUT2D eigenvalue weighted by Gasteiger charge is -2.33. The molecule has 0 aliphatic heterocycles. The summed E-state index contributed by atoms with van der Waals surface area (Å²) in [5.41, 5.74) is 0.436. The van der Waals surface area contributed by atoms with Crippen LogP contribution in [0.15, 0.2) is 0 Å². The zero-order chi connectivity index (χ0) is 18.1. The van der Waals surface area contributed by atoms with E-state index < -0.39 is 17.1 Å². The van der Waals surface area contributed by atoms with Gasteiger partial charge in [0, 0.05) is 25.9 Å². The highest BCUT2D eigenvalue weighted by Gasteiger charge is 2.44.